The first-order valence-corrected chi connectivity index (χ1v) is 6.76. The van der Waals surface area contributed by atoms with E-state index in [4.69, 9.17) is 0 Å². The molecule has 2 N–H and O–H groups in total. The molecule has 2 fully saturated rings. The van der Waals surface area contributed by atoms with Crippen molar-refractivity contribution in [3.63, 3.8) is 0 Å². The highest BCUT2D eigenvalue weighted by atomic mass is 16.2. The fraction of sp³-hybridized carbons (Fsp3) is 0.429. The van der Waals surface area contributed by atoms with Crippen LogP contribution < -0.4 is 5.32 Å². The summed E-state index contributed by atoms with van der Waals surface area (Å²) in [5.41, 5.74) is 1.48. The molecule has 3 heterocycles. The summed E-state index contributed by atoms with van der Waals surface area (Å²) in [5.74, 6) is 1.30. The van der Waals surface area contributed by atoms with Crippen LogP contribution in [0.5, 0.6) is 0 Å². The van der Waals surface area contributed by atoms with Gasteiger partial charge in [0.2, 0.25) is 0 Å². The van der Waals surface area contributed by atoms with E-state index in [1.54, 1.807) is 0 Å². The van der Waals surface area contributed by atoms with Crippen LogP contribution in [0.1, 0.15) is 10.5 Å². The molecule has 1 aromatic carbocycles. The van der Waals surface area contributed by atoms with Crippen molar-refractivity contribution in [2.75, 3.05) is 26.2 Å². The van der Waals surface area contributed by atoms with Gasteiger partial charge in [-0.25, -0.2) is 0 Å². The molecule has 0 unspecified atom stereocenters. The lowest BCUT2D eigenvalue weighted by atomic mass is 10.0. The first-order valence-electron chi connectivity index (χ1n) is 6.76. The highest BCUT2D eigenvalue weighted by molar-refractivity contribution is 6.04. The molecule has 0 radical (unpaired) electrons. The van der Waals surface area contributed by atoms with Crippen LogP contribution in [0.2, 0.25) is 0 Å². The number of amides is 1. The molecule has 5 nitrogen and oxygen atoms in total. The summed E-state index contributed by atoms with van der Waals surface area (Å²) < 4.78 is 0. The standard InChI is InChI=1S/C14H16N4O/c19-14(18-7-9-5-15-6-10(9)8-18)13-11-3-1-2-4-12(11)16-17-13/h1-4,9-10,15H,5-8H2,(H,16,17)/t9-,10+. The van der Waals surface area contributed by atoms with Crippen molar-refractivity contribution in [3.05, 3.63) is 30.0 Å². The topological polar surface area (TPSA) is 61.0 Å². The molecule has 2 aromatic rings. The molecule has 0 bridgehead atoms. The summed E-state index contributed by atoms with van der Waals surface area (Å²) in [7, 11) is 0. The Morgan fingerprint density at radius 1 is 1.21 bits per heavy atom. The Kier molecular flexibility index (Phi) is 2.35. The van der Waals surface area contributed by atoms with Crippen molar-refractivity contribution in [1.29, 1.82) is 0 Å². The normalized spacial score (nSPS) is 26.0. The number of likely N-dealkylation sites (tertiary alicyclic amines) is 1. The zero-order chi connectivity index (χ0) is 12.8. The van der Waals surface area contributed by atoms with E-state index < -0.39 is 0 Å². The number of rotatable bonds is 1. The number of benzene rings is 1. The van der Waals surface area contributed by atoms with E-state index in [2.05, 4.69) is 15.5 Å². The second kappa shape index (κ2) is 4.06. The smallest absolute Gasteiger partial charge is 0.275 e. The molecule has 5 heteroatoms. The number of para-hydroxylation sites is 1. The maximum absolute atomic E-state index is 12.6. The highest BCUT2D eigenvalue weighted by Gasteiger charge is 2.39. The Morgan fingerprint density at radius 2 is 1.95 bits per heavy atom. The number of hydrogen-bond donors (Lipinski definition) is 2. The minimum atomic E-state index is 0.0619. The van der Waals surface area contributed by atoms with Crippen molar-refractivity contribution in [3.8, 4) is 0 Å². The van der Waals surface area contributed by atoms with E-state index in [-0.39, 0.29) is 5.91 Å². The number of aromatic amines is 1. The number of nitrogens with zero attached hydrogens (tertiary/aromatic N) is 2. The highest BCUT2D eigenvalue weighted by Crippen LogP contribution is 2.28. The lowest BCUT2D eigenvalue weighted by Crippen LogP contribution is -2.32. The fourth-order valence-corrected chi connectivity index (χ4v) is 3.30. The average Bonchev–Trinajstić information content (AvgIpc) is 3.11. The first kappa shape index (κ1) is 11.0. The van der Waals surface area contributed by atoms with Gasteiger partial charge in [-0.15, -0.1) is 0 Å². The molecule has 0 aliphatic carbocycles. The minimum absolute atomic E-state index is 0.0619. The zero-order valence-electron chi connectivity index (χ0n) is 10.6. The van der Waals surface area contributed by atoms with E-state index in [1.165, 1.54) is 0 Å². The van der Waals surface area contributed by atoms with Crippen molar-refractivity contribution >= 4 is 16.8 Å². The Hall–Kier alpha value is -1.88. The van der Waals surface area contributed by atoms with E-state index in [0.29, 0.717) is 17.5 Å². The van der Waals surface area contributed by atoms with E-state index >= 15 is 0 Å². The van der Waals surface area contributed by atoms with Crippen LogP contribution in [0, 0.1) is 11.8 Å². The lowest BCUT2D eigenvalue weighted by Gasteiger charge is -2.16. The van der Waals surface area contributed by atoms with Gasteiger partial charge in [-0.3, -0.25) is 9.89 Å². The Morgan fingerprint density at radius 3 is 2.74 bits per heavy atom. The van der Waals surface area contributed by atoms with Crippen LogP contribution in [0.15, 0.2) is 24.3 Å². The molecule has 1 aromatic heterocycles. The largest absolute Gasteiger partial charge is 0.337 e. The summed E-state index contributed by atoms with van der Waals surface area (Å²) in [5, 5.41) is 11.4. The van der Waals surface area contributed by atoms with Gasteiger partial charge in [0.05, 0.1) is 5.52 Å². The van der Waals surface area contributed by atoms with E-state index in [0.717, 1.165) is 37.1 Å². The van der Waals surface area contributed by atoms with Gasteiger partial charge < -0.3 is 10.2 Å². The quantitative estimate of drug-likeness (QED) is 0.795. The van der Waals surface area contributed by atoms with Crippen molar-refractivity contribution in [1.82, 2.24) is 20.4 Å². The Bertz CT molecular complexity index is 623. The van der Waals surface area contributed by atoms with Gasteiger partial charge in [0, 0.05) is 31.6 Å². The van der Waals surface area contributed by atoms with Crippen LogP contribution in [-0.4, -0.2) is 47.2 Å². The van der Waals surface area contributed by atoms with Gasteiger partial charge in [-0.1, -0.05) is 18.2 Å². The molecule has 19 heavy (non-hydrogen) atoms. The van der Waals surface area contributed by atoms with Gasteiger partial charge >= 0.3 is 0 Å². The second-order valence-electron chi connectivity index (χ2n) is 5.51. The van der Waals surface area contributed by atoms with Gasteiger partial charge in [0.15, 0.2) is 5.69 Å². The SMILES string of the molecule is O=C(c1n[nH]c2ccccc12)N1C[C@H]2CNC[C@H]2C1. The molecule has 2 aliphatic heterocycles. The maximum Gasteiger partial charge on any atom is 0.275 e. The molecule has 98 valence electrons. The van der Waals surface area contributed by atoms with Gasteiger partial charge in [-0.2, -0.15) is 5.10 Å². The number of nitrogens with one attached hydrogen (secondary N) is 2. The van der Waals surface area contributed by atoms with Crippen LogP contribution in [-0.2, 0) is 0 Å². The predicted molar refractivity (Wildman–Crippen MR) is 71.8 cm³/mol. The molecule has 0 saturated carbocycles. The van der Waals surface area contributed by atoms with E-state index in [9.17, 15) is 4.79 Å². The molecule has 2 atom stereocenters. The predicted octanol–water partition coefficient (Wildman–Crippen LogP) is 0.854. The Balaban J connectivity index is 1.64. The molecule has 4 rings (SSSR count). The molecular weight excluding hydrogens is 240 g/mol. The Labute approximate surface area is 111 Å². The van der Waals surface area contributed by atoms with Crippen molar-refractivity contribution in [2.45, 2.75) is 0 Å². The van der Waals surface area contributed by atoms with Crippen LogP contribution in [0.4, 0.5) is 0 Å². The third-order valence-corrected chi connectivity index (χ3v) is 4.35. The van der Waals surface area contributed by atoms with Gasteiger partial charge in [0.25, 0.3) is 5.91 Å². The minimum Gasteiger partial charge on any atom is -0.337 e. The van der Waals surface area contributed by atoms with Crippen LogP contribution in [0.3, 0.4) is 0 Å². The number of carbonyl (C=O) groups excluding carboxylic acids is 1. The van der Waals surface area contributed by atoms with Crippen LogP contribution >= 0.6 is 0 Å². The maximum atomic E-state index is 12.6. The van der Waals surface area contributed by atoms with E-state index in [1.807, 2.05) is 29.2 Å². The summed E-state index contributed by atoms with van der Waals surface area (Å²) in [6.45, 7) is 3.79. The molecule has 1 amide bonds. The summed E-state index contributed by atoms with van der Waals surface area (Å²) in [6, 6.07) is 7.78. The number of carbonyl (C=O) groups is 1. The summed E-state index contributed by atoms with van der Waals surface area (Å²) in [6.07, 6.45) is 0. The third-order valence-electron chi connectivity index (χ3n) is 4.35. The second-order valence-corrected chi connectivity index (χ2v) is 5.51. The first-order chi connectivity index (χ1) is 9.33. The summed E-state index contributed by atoms with van der Waals surface area (Å²) >= 11 is 0. The summed E-state index contributed by atoms with van der Waals surface area (Å²) in [4.78, 5) is 14.5. The number of H-pyrrole nitrogens is 1. The number of aromatic nitrogens is 2. The molecule has 0 spiro atoms. The van der Waals surface area contributed by atoms with Crippen molar-refractivity contribution in [2.24, 2.45) is 11.8 Å². The average molecular weight is 256 g/mol. The third kappa shape index (κ3) is 1.65. The number of fused-ring (bicyclic) bond motifs is 2. The monoisotopic (exact) mass is 256 g/mol. The van der Waals surface area contributed by atoms with Gasteiger partial charge in [-0.05, 0) is 17.9 Å². The zero-order valence-corrected chi connectivity index (χ0v) is 10.6. The lowest BCUT2D eigenvalue weighted by molar-refractivity contribution is 0.0777. The number of hydrogen-bond acceptors (Lipinski definition) is 3. The molecular formula is C14H16N4O. The van der Waals surface area contributed by atoms with Gasteiger partial charge in [0.1, 0.15) is 0 Å². The fourth-order valence-electron chi connectivity index (χ4n) is 3.30. The molecule has 2 saturated heterocycles. The van der Waals surface area contributed by atoms with Crippen molar-refractivity contribution < 1.29 is 4.79 Å². The van der Waals surface area contributed by atoms with Crippen LogP contribution in [0.25, 0.3) is 10.9 Å². The molecule has 2 aliphatic rings.